The van der Waals surface area contributed by atoms with Crippen LogP contribution in [0.2, 0.25) is 0 Å². The summed E-state index contributed by atoms with van der Waals surface area (Å²) in [5.74, 6) is 4.89. The molecule has 8 bridgehead atoms. The van der Waals surface area contributed by atoms with E-state index in [1.165, 1.54) is 44.9 Å². The highest BCUT2D eigenvalue weighted by molar-refractivity contribution is 5.77. The van der Waals surface area contributed by atoms with E-state index in [2.05, 4.69) is 27.7 Å². The molecule has 9 rings (SSSR count). The van der Waals surface area contributed by atoms with Crippen LogP contribution in [-0.4, -0.2) is 45.9 Å². The molecule has 2 unspecified atom stereocenters. The summed E-state index contributed by atoms with van der Waals surface area (Å²) in [6.07, 6.45) is 18.5. The van der Waals surface area contributed by atoms with Gasteiger partial charge in [-0.1, -0.05) is 34.6 Å². The van der Waals surface area contributed by atoms with Crippen molar-refractivity contribution in [2.45, 2.75) is 215 Å². The summed E-state index contributed by atoms with van der Waals surface area (Å²) in [6, 6.07) is 0. The maximum Gasteiger partial charge on any atom is 0.312 e. The molecule has 2 atom stereocenters. The van der Waals surface area contributed by atoms with Crippen LogP contribution in [0.1, 0.15) is 192 Å². The predicted octanol–water partition coefficient (Wildman–Crippen LogP) is 11.0. The van der Waals surface area contributed by atoms with E-state index >= 15 is 0 Å². The van der Waals surface area contributed by atoms with Crippen molar-refractivity contribution >= 4 is 17.9 Å². The predicted molar refractivity (Wildman–Crippen MR) is 214 cm³/mol. The second-order valence-electron chi connectivity index (χ2n) is 22.0. The van der Waals surface area contributed by atoms with E-state index in [0.29, 0.717) is 35.5 Å². The Morgan fingerprint density at radius 2 is 1.06 bits per heavy atom. The number of rotatable bonds is 10. The Morgan fingerprint density at radius 3 is 1.46 bits per heavy atom. The molecular weight excluding hydrogens is 677 g/mol. The first-order chi connectivity index (χ1) is 25.0. The zero-order chi connectivity index (χ0) is 40.1. The molecule has 310 valence electrons. The van der Waals surface area contributed by atoms with Crippen LogP contribution in [0.5, 0.6) is 0 Å². The van der Waals surface area contributed by atoms with Crippen molar-refractivity contribution in [3.63, 3.8) is 0 Å². The van der Waals surface area contributed by atoms with E-state index in [1.54, 1.807) is 0 Å². The maximum atomic E-state index is 12.8. The van der Waals surface area contributed by atoms with Crippen LogP contribution in [-0.2, 0) is 28.6 Å². The van der Waals surface area contributed by atoms with Gasteiger partial charge in [0.05, 0.1) is 21.8 Å². The van der Waals surface area contributed by atoms with Gasteiger partial charge in [-0.05, 0) is 205 Å². The van der Waals surface area contributed by atoms with E-state index in [1.807, 2.05) is 55.4 Å². The minimum absolute atomic E-state index is 0.0335. The fourth-order valence-corrected chi connectivity index (χ4v) is 11.9. The molecular formula is C47H80O7. The number of carbonyl (C=O) groups excluding carboxylic acids is 3. The summed E-state index contributed by atoms with van der Waals surface area (Å²) in [7, 11) is 0. The van der Waals surface area contributed by atoms with Gasteiger partial charge in [0.25, 0.3) is 0 Å². The van der Waals surface area contributed by atoms with Crippen LogP contribution in [0.3, 0.4) is 0 Å². The quantitative estimate of drug-likeness (QED) is 0.175. The second-order valence-corrected chi connectivity index (χ2v) is 22.0. The Morgan fingerprint density at radius 1 is 0.630 bits per heavy atom. The van der Waals surface area contributed by atoms with E-state index in [0.717, 1.165) is 76.0 Å². The highest BCUT2D eigenvalue weighted by Crippen LogP contribution is 2.62. The van der Waals surface area contributed by atoms with Gasteiger partial charge in [0.2, 0.25) is 0 Å². The molecule has 9 aliphatic rings. The van der Waals surface area contributed by atoms with Crippen LogP contribution in [0, 0.1) is 63.6 Å². The van der Waals surface area contributed by atoms with Gasteiger partial charge in [-0.3, -0.25) is 14.4 Å². The largest absolute Gasteiger partial charge is 0.461 e. The second kappa shape index (κ2) is 16.0. The van der Waals surface area contributed by atoms with Crippen LogP contribution < -0.4 is 0 Å². The molecule has 0 heterocycles. The molecule has 7 heteroatoms. The monoisotopic (exact) mass is 757 g/mol. The molecule has 0 aliphatic heterocycles. The first kappa shape index (κ1) is 43.5. The molecule has 0 amide bonds. The minimum atomic E-state index is -0.445. The van der Waals surface area contributed by atoms with Crippen molar-refractivity contribution in [2.24, 2.45) is 63.6 Å². The SMILES string of the molecule is CCC(C)(C)C(=O)OC1(C(C)C)C2CC3CC(C2)CC1C3.CCC(C)(C)C(=O)OC1(C)CCCC1.CCC(C)(C)C(=O)OC1C2CC3CC1CC(O)(C3)C2. The molecule has 9 fully saturated rings. The number of carbonyl (C=O) groups is 3. The third-order valence-corrected chi connectivity index (χ3v) is 16.3. The van der Waals surface area contributed by atoms with Gasteiger partial charge >= 0.3 is 17.9 Å². The third kappa shape index (κ3) is 8.91. The molecule has 0 aromatic heterocycles. The highest BCUT2D eigenvalue weighted by atomic mass is 16.6. The maximum absolute atomic E-state index is 12.8. The van der Waals surface area contributed by atoms with Crippen LogP contribution >= 0.6 is 0 Å². The molecule has 1 N–H and O–H groups in total. The smallest absolute Gasteiger partial charge is 0.312 e. The summed E-state index contributed by atoms with van der Waals surface area (Å²) in [4.78, 5) is 36.9. The van der Waals surface area contributed by atoms with E-state index in [-0.39, 0.29) is 51.5 Å². The van der Waals surface area contributed by atoms with Crippen molar-refractivity contribution in [3.8, 4) is 0 Å². The molecule has 0 radical (unpaired) electrons. The first-order valence-electron chi connectivity index (χ1n) is 22.4. The Balaban J connectivity index is 0.000000159. The Kier molecular flexibility index (Phi) is 12.9. The summed E-state index contributed by atoms with van der Waals surface area (Å²) in [5, 5.41) is 10.5. The van der Waals surface area contributed by atoms with E-state index < -0.39 is 5.60 Å². The van der Waals surface area contributed by atoms with E-state index in [9.17, 15) is 19.5 Å². The fourth-order valence-electron chi connectivity index (χ4n) is 11.9. The van der Waals surface area contributed by atoms with Gasteiger partial charge in [0, 0.05) is 0 Å². The van der Waals surface area contributed by atoms with Crippen LogP contribution in [0.25, 0.3) is 0 Å². The highest BCUT2D eigenvalue weighted by Gasteiger charge is 2.61. The van der Waals surface area contributed by atoms with Crippen molar-refractivity contribution < 1.29 is 33.7 Å². The standard InChI is InChI=1S/C19H32O2.C16H26O3.C12H22O2/c1-6-18(4,5)17(20)21-19(12(2)3)15-8-13-7-14(10-15)11-16(19)9-13;1-4-15(2,3)14(17)19-13-11-5-10-6-12(13)9-16(18,7-10)8-11;1-5-11(2,3)10(13)14-12(4)8-6-7-9-12/h12-16H,6-11H2,1-5H3;10-13,18H,4-9H2,1-3H3;5-9H2,1-4H3. The van der Waals surface area contributed by atoms with Gasteiger partial charge < -0.3 is 19.3 Å². The van der Waals surface area contributed by atoms with Gasteiger partial charge in [-0.25, -0.2) is 0 Å². The van der Waals surface area contributed by atoms with Crippen molar-refractivity contribution in [1.29, 1.82) is 0 Å². The Labute approximate surface area is 329 Å². The molecule has 9 saturated carbocycles. The summed E-state index contributed by atoms with van der Waals surface area (Å²) in [5.41, 5.74) is -1.85. The number of aliphatic hydroxyl groups is 1. The van der Waals surface area contributed by atoms with Gasteiger partial charge in [-0.15, -0.1) is 0 Å². The lowest BCUT2D eigenvalue weighted by atomic mass is 9.47. The van der Waals surface area contributed by atoms with Crippen molar-refractivity contribution in [2.75, 3.05) is 0 Å². The molecule has 9 aliphatic carbocycles. The lowest BCUT2D eigenvalue weighted by Gasteiger charge is -2.62. The van der Waals surface area contributed by atoms with Gasteiger partial charge in [0.15, 0.2) is 0 Å². The molecule has 0 aromatic carbocycles. The lowest BCUT2D eigenvalue weighted by Crippen LogP contribution is -2.63. The van der Waals surface area contributed by atoms with Crippen LogP contribution in [0.4, 0.5) is 0 Å². The molecule has 7 nitrogen and oxygen atoms in total. The number of hydrogen-bond donors (Lipinski definition) is 1. The summed E-state index contributed by atoms with van der Waals surface area (Å²) < 4.78 is 17.9. The summed E-state index contributed by atoms with van der Waals surface area (Å²) in [6.45, 7) is 24.6. The zero-order valence-electron chi connectivity index (χ0n) is 36.6. The van der Waals surface area contributed by atoms with Crippen molar-refractivity contribution in [3.05, 3.63) is 0 Å². The number of ether oxygens (including phenoxy) is 3. The Hall–Kier alpha value is -1.63. The summed E-state index contributed by atoms with van der Waals surface area (Å²) >= 11 is 0. The Bertz CT molecular complexity index is 1290. The third-order valence-electron chi connectivity index (χ3n) is 16.3. The van der Waals surface area contributed by atoms with E-state index in [4.69, 9.17) is 14.2 Å². The molecule has 54 heavy (non-hydrogen) atoms. The fraction of sp³-hybridized carbons (Fsp3) is 0.936. The minimum Gasteiger partial charge on any atom is -0.461 e. The molecule has 0 aromatic rings. The average molecular weight is 757 g/mol. The van der Waals surface area contributed by atoms with Gasteiger partial charge in [-0.2, -0.15) is 0 Å². The average Bonchev–Trinajstić information content (AvgIpc) is 3.52. The first-order valence-corrected chi connectivity index (χ1v) is 22.4. The topological polar surface area (TPSA) is 99.1 Å². The lowest BCUT2D eigenvalue weighted by molar-refractivity contribution is -0.231. The van der Waals surface area contributed by atoms with Crippen LogP contribution in [0.15, 0.2) is 0 Å². The number of hydrogen-bond acceptors (Lipinski definition) is 7. The normalized spacial score (nSPS) is 37.2. The number of esters is 3. The van der Waals surface area contributed by atoms with Crippen molar-refractivity contribution in [1.82, 2.24) is 0 Å². The van der Waals surface area contributed by atoms with Gasteiger partial charge in [0.1, 0.15) is 17.3 Å². The molecule has 0 saturated heterocycles. The molecule has 0 spiro atoms. The zero-order valence-corrected chi connectivity index (χ0v) is 36.6.